The summed E-state index contributed by atoms with van der Waals surface area (Å²) >= 11 is 0. The van der Waals surface area contributed by atoms with Gasteiger partial charge in [0.1, 0.15) is 12.4 Å². The molecule has 0 spiro atoms. The normalized spacial score (nSPS) is 12.6. The van der Waals surface area contributed by atoms with Crippen LogP contribution in [0.25, 0.3) is 0 Å². The van der Waals surface area contributed by atoms with Crippen molar-refractivity contribution in [1.82, 2.24) is 5.32 Å². The van der Waals surface area contributed by atoms with Crippen LogP contribution in [-0.4, -0.2) is 45.4 Å². The van der Waals surface area contributed by atoms with Gasteiger partial charge in [0.25, 0.3) is 10.0 Å². The lowest BCUT2D eigenvalue weighted by atomic mass is 10.2. The van der Waals surface area contributed by atoms with Gasteiger partial charge in [0.2, 0.25) is 0 Å². The van der Waals surface area contributed by atoms with Gasteiger partial charge in [-0.05, 0) is 31.2 Å². The number of ether oxygens (including phenoxy) is 1. The molecule has 1 unspecified atom stereocenters. The fourth-order valence-electron chi connectivity index (χ4n) is 2.73. The highest BCUT2D eigenvalue weighted by atomic mass is 32.2. The van der Waals surface area contributed by atoms with E-state index in [2.05, 4.69) is 11.9 Å². The molecular weight excluding hydrogens is 388 g/mol. The maximum absolute atomic E-state index is 13.5. The van der Waals surface area contributed by atoms with Gasteiger partial charge in [0, 0.05) is 12.6 Å². The Bertz CT molecular complexity index is 895. The largest absolute Gasteiger partial charge is 0.487 e. The molecule has 6 nitrogen and oxygen atoms in total. The second-order valence-electron chi connectivity index (χ2n) is 7.13. The number of hydrogen-bond acceptors (Lipinski definition) is 5. The van der Waals surface area contributed by atoms with E-state index in [1.807, 2.05) is 20.8 Å². The van der Waals surface area contributed by atoms with Gasteiger partial charge in [-0.1, -0.05) is 56.3 Å². The SMILES string of the molecule is C=CCOc1ccccc1N(CC(O)CNC(C)C)S(=O)(=O)c1ccc(C)cc1. The van der Waals surface area contributed by atoms with Gasteiger partial charge in [0.05, 0.1) is 23.2 Å². The van der Waals surface area contributed by atoms with Crippen molar-refractivity contribution in [3.63, 3.8) is 0 Å². The van der Waals surface area contributed by atoms with Crippen LogP contribution in [0.3, 0.4) is 0 Å². The van der Waals surface area contributed by atoms with Crippen LogP contribution in [0.1, 0.15) is 19.4 Å². The molecule has 0 heterocycles. The molecule has 2 N–H and O–H groups in total. The molecule has 0 aliphatic carbocycles. The number of rotatable bonds is 11. The molecule has 0 fully saturated rings. The van der Waals surface area contributed by atoms with Crippen molar-refractivity contribution in [3.8, 4) is 5.75 Å². The number of nitrogens with one attached hydrogen (secondary N) is 1. The van der Waals surface area contributed by atoms with Gasteiger partial charge >= 0.3 is 0 Å². The Labute approximate surface area is 173 Å². The van der Waals surface area contributed by atoms with Gasteiger partial charge in [0.15, 0.2) is 0 Å². The minimum Gasteiger partial charge on any atom is -0.487 e. The Kier molecular flexibility index (Phi) is 8.25. The summed E-state index contributed by atoms with van der Waals surface area (Å²) < 4.78 is 33.8. The average molecular weight is 419 g/mol. The molecule has 0 radical (unpaired) electrons. The van der Waals surface area contributed by atoms with E-state index in [0.717, 1.165) is 5.56 Å². The first kappa shape index (κ1) is 22.9. The summed E-state index contributed by atoms with van der Waals surface area (Å²) in [6, 6.07) is 13.7. The van der Waals surface area contributed by atoms with Crippen molar-refractivity contribution < 1.29 is 18.3 Å². The van der Waals surface area contributed by atoms with E-state index in [4.69, 9.17) is 4.74 Å². The van der Waals surface area contributed by atoms with Crippen molar-refractivity contribution >= 4 is 15.7 Å². The van der Waals surface area contributed by atoms with E-state index in [-0.39, 0.29) is 30.6 Å². The molecule has 2 aromatic rings. The molecule has 0 aliphatic rings. The molecule has 0 amide bonds. The first-order valence-corrected chi connectivity index (χ1v) is 11.0. The number of sulfonamides is 1. The van der Waals surface area contributed by atoms with Crippen LogP contribution < -0.4 is 14.4 Å². The number of nitrogens with zero attached hydrogens (tertiary/aromatic N) is 1. The van der Waals surface area contributed by atoms with Crippen LogP contribution in [0, 0.1) is 6.92 Å². The van der Waals surface area contributed by atoms with Crippen LogP contribution in [-0.2, 0) is 10.0 Å². The van der Waals surface area contributed by atoms with Crippen molar-refractivity contribution in [3.05, 3.63) is 66.7 Å². The Balaban J connectivity index is 2.46. The van der Waals surface area contributed by atoms with Crippen LogP contribution in [0.5, 0.6) is 5.75 Å². The third-order valence-electron chi connectivity index (χ3n) is 4.24. The molecule has 0 aromatic heterocycles. The molecule has 0 saturated carbocycles. The molecule has 158 valence electrons. The molecule has 0 bridgehead atoms. The average Bonchev–Trinajstić information content (AvgIpc) is 2.69. The highest BCUT2D eigenvalue weighted by Gasteiger charge is 2.29. The maximum atomic E-state index is 13.5. The number of anilines is 1. The lowest BCUT2D eigenvalue weighted by Gasteiger charge is -2.28. The number of aryl methyl sites for hydroxylation is 1. The van der Waals surface area contributed by atoms with E-state index in [9.17, 15) is 13.5 Å². The number of para-hydroxylation sites is 2. The maximum Gasteiger partial charge on any atom is 0.264 e. The van der Waals surface area contributed by atoms with Crippen molar-refractivity contribution in [1.29, 1.82) is 0 Å². The number of benzene rings is 2. The van der Waals surface area contributed by atoms with Crippen molar-refractivity contribution in [2.45, 2.75) is 37.8 Å². The topological polar surface area (TPSA) is 78.9 Å². The standard InChI is InChI=1S/C22H30N2O4S/c1-5-14-28-22-9-7-6-8-21(22)24(16-19(25)15-23-17(2)3)29(26,27)20-12-10-18(4)11-13-20/h5-13,17,19,23,25H,1,14-16H2,2-4H3. The summed E-state index contributed by atoms with van der Waals surface area (Å²) in [5.41, 5.74) is 1.34. The molecule has 1 atom stereocenters. The smallest absolute Gasteiger partial charge is 0.264 e. The minimum absolute atomic E-state index is 0.107. The van der Waals surface area contributed by atoms with Gasteiger partial charge in [-0.3, -0.25) is 4.31 Å². The molecule has 0 aliphatic heterocycles. The van der Waals surface area contributed by atoms with Crippen molar-refractivity contribution in [2.75, 3.05) is 24.0 Å². The van der Waals surface area contributed by atoms with Crippen LogP contribution in [0.2, 0.25) is 0 Å². The van der Waals surface area contributed by atoms with Gasteiger partial charge < -0.3 is 15.2 Å². The second kappa shape index (κ2) is 10.4. The second-order valence-corrected chi connectivity index (χ2v) is 9.00. The first-order chi connectivity index (χ1) is 13.8. The van der Waals surface area contributed by atoms with E-state index in [0.29, 0.717) is 11.4 Å². The first-order valence-electron chi connectivity index (χ1n) is 9.59. The number of aliphatic hydroxyl groups excluding tert-OH is 1. The van der Waals surface area contributed by atoms with Gasteiger partial charge in [-0.15, -0.1) is 0 Å². The monoisotopic (exact) mass is 418 g/mol. The number of hydrogen-bond donors (Lipinski definition) is 2. The molecule has 29 heavy (non-hydrogen) atoms. The van der Waals surface area contributed by atoms with E-state index >= 15 is 0 Å². The number of aliphatic hydroxyl groups is 1. The summed E-state index contributed by atoms with van der Waals surface area (Å²) in [5, 5.41) is 13.7. The highest BCUT2D eigenvalue weighted by molar-refractivity contribution is 7.92. The van der Waals surface area contributed by atoms with Crippen LogP contribution in [0.4, 0.5) is 5.69 Å². The summed E-state index contributed by atoms with van der Waals surface area (Å²) in [4.78, 5) is 0.158. The minimum atomic E-state index is -3.91. The van der Waals surface area contributed by atoms with Crippen LogP contribution >= 0.6 is 0 Å². The third-order valence-corrected chi connectivity index (χ3v) is 6.03. The lowest BCUT2D eigenvalue weighted by molar-refractivity contribution is 0.177. The predicted octanol–water partition coefficient (Wildman–Crippen LogP) is 3.11. The molecule has 7 heteroatoms. The summed E-state index contributed by atoms with van der Waals surface area (Å²) in [5.74, 6) is 0.409. The van der Waals surface area contributed by atoms with Crippen LogP contribution in [0.15, 0.2) is 66.1 Å². The van der Waals surface area contributed by atoms with E-state index in [1.165, 1.54) is 4.31 Å². The predicted molar refractivity (Wildman–Crippen MR) is 117 cm³/mol. The highest BCUT2D eigenvalue weighted by Crippen LogP contribution is 2.32. The summed E-state index contributed by atoms with van der Waals surface area (Å²) in [6.45, 7) is 9.87. The Morgan fingerprint density at radius 2 is 1.83 bits per heavy atom. The summed E-state index contributed by atoms with van der Waals surface area (Å²) in [7, 11) is -3.91. The molecular formula is C22H30N2O4S. The summed E-state index contributed by atoms with van der Waals surface area (Å²) in [6.07, 6.45) is 0.696. The zero-order valence-corrected chi connectivity index (χ0v) is 18.0. The fraction of sp³-hybridized carbons (Fsp3) is 0.364. The van der Waals surface area contributed by atoms with E-state index in [1.54, 1.807) is 54.6 Å². The Morgan fingerprint density at radius 1 is 1.17 bits per heavy atom. The Hall–Kier alpha value is -2.35. The van der Waals surface area contributed by atoms with Gasteiger partial charge in [-0.25, -0.2) is 8.42 Å². The van der Waals surface area contributed by atoms with Gasteiger partial charge in [-0.2, -0.15) is 0 Å². The zero-order valence-electron chi connectivity index (χ0n) is 17.2. The molecule has 2 rings (SSSR count). The Morgan fingerprint density at radius 3 is 2.45 bits per heavy atom. The lowest BCUT2D eigenvalue weighted by Crippen LogP contribution is -2.43. The quantitative estimate of drug-likeness (QED) is 0.548. The fourth-order valence-corrected chi connectivity index (χ4v) is 4.24. The third kappa shape index (κ3) is 6.32. The van der Waals surface area contributed by atoms with Crippen molar-refractivity contribution in [2.24, 2.45) is 0 Å². The van der Waals surface area contributed by atoms with E-state index < -0.39 is 16.1 Å². The molecule has 0 saturated heterocycles. The zero-order chi connectivity index (χ0) is 21.4. The molecule has 2 aromatic carbocycles.